The van der Waals surface area contributed by atoms with Gasteiger partial charge in [0.05, 0.1) is 23.9 Å². The number of aromatic amines is 1. The van der Waals surface area contributed by atoms with Crippen LogP contribution in [0.5, 0.6) is 11.5 Å². The Morgan fingerprint density at radius 2 is 1.63 bits per heavy atom. The van der Waals surface area contributed by atoms with Gasteiger partial charge in [-0.3, -0.25) is 10.1 Å². The normalized spacial score (nSPS) is 12.5. The molecule has 0 aliphatic rings. The number of hydrogen-bond donors (Lipinski definition) is 5. The van der Waals surface area contributed by atoms with E-state index in [-0.39, 0.29) is 22.5 Å². The van der Waals surface area contributed by atoms with E-state index in [1.165, 1.54) is 11.6 Å². The van der Waals surface area contributed by atoms with Gasteiger partial charge in [0.25, 0.3) is 0 Å². The number of pyridine rings is 1. The molecule has 0 saturated heterocycles. The lowest BCUT2D eigenvalue weighted by molar-refractivity contribution is 0.182. The Kier molecular flexibility index (Phi) is 12.0. The number of fused-ring (bicyclic) bond motifs is 1. The molecule has 1 amide bonds. The third-order valence-electron chi connectivity index (χ3n) is 9.63. The van der Waals surface area contributed by atoms with Crippen molar-refractivity contribution in [2.24, 2.45) is 0 Å². The molecule has 1 heterocycles. The number of rotatable bonds is 15. The van der Waals surface area contributed by atoms with Gasteiger partial charge in [0.15, 0.2) is 8.32 Å². The summed E-state index contributed by atoms with van der Waals surface area (Å²) >= 11 is 0. The smallest absolute Gasteiger partial charge is 0.409 e. The van der Waals surface area contributed by atoms with E-state index in [1.807, 2.05) is 66.7 Å². The summed E-state index contributed by atoms with van der Waals surface area (Å²) in [6, 6.07) is 30.5. The number of nitrogens with one attached hydrogen (secondary N) is 3. The highest BCUT2D eigenvalue weighted by atomic mass is 28.4. The third-order valence-corrected chi connectivity index (χ3v) is 14.1. The minimum Gasteiger partial charge on any atom is -0.506 e. The second-order valence-corrected chi connectivity index (χ2v) is 19.1. The van der Waals surface area contributed by atoms with E-state index < -0.39 is 14.4 Å². The molecule has 268 valence electrons. The number of ether oxygens (including phenoxy) is 1. The summed E-state index contributed by atoms with van der Waals surface area (Å²) in [6.45, 7) is 13.0. The number of H-pyrrole nitrogens is 1. The zero-order chi connectivity index (χ0) is 36.6. The standard InChI is InChI=1S/C41H49N3O6Si/c1-41(2,3)51(4,5)50-37(33-19-21-36(45)39-34(33)20-22-38(46)44-39)27-42-24-23-28-13-16-31(17-14-28)49-25-9-10-29-15-18-32(30-11-7-6-8-12-30)35(26-29)43-40(47)48/h6-8,11-22,26,37,42-43,45H,9-10,23-25,27H2,1-5H3,(H,44,46)(H,47,48)/t37-/m1/s1. The van der Waals surface area contributed by atoms with Gasteiger partial charge in [-0.1, -0.05) is 81.4 Å². The van der Waals surface area contributed by atoms with Crippen molar-refractivity contribution in [2.75, 3.05) is 25.0 Å². The van der Waals surface area contributed by atoms with E-state index in [4.69, 9.17) is 9.16 Å². The molecular formula is C41H49N3O6Si. The first-order valence-corrected chi connectivity index (χ1v) is 20.3. The van der Waals surface area contributed by atoms with Gasteiger partial charge in [-0.05, 0) is 96.5 Å². The lowest BCUT2D eigenvalue weighted by atomic mass is 10.00. The molecule has 10 heteroatoms. The Morgan fingerprint density at radius 1 is 0.902 bits per heavy atom. The van der Waals surface area contributed by atoms with Crippen LogP contribution in [0.2, 0.25) is 18.1 Å². The molecule has 0 aliphatic carbocycles. The van der Waals surface area contributed by atoms with Crippen molar-refractivity contribution in [1.82, 2.24) is 10.3 Å². The highest BCUT2D eigenvalue weighted by Crippen LogP contribution is 2.41. The number of carbonyl (C=O) groups is 1. The van der Waals surface area contributed by atoms with E-state index in [0.717, 1.165) is 59.2 Å². The van der Waals surface area contributed by atoms with Crippen molar-refractivity contribution in [3.8, 4) is 22.6 Å². The third kappa shape index (κ3) is 9.88. The van der Waals surface area contributed by atoms with Gasteiger partial charge in [-0.25, -0.2) is 4.79 Å². The molecule has 0 unspecified atom stereocenters. The maximum Gasteiger partial charge on any atom is 0.409 e. The molecule has 0 bridgehead atoms. The first-order valence-electron chi connectivity index (χ1n) is 17.4. The Morgan fingerprint density at radius 3 is 2.33 bits per heavy atom. The average molecular weight is 708 g/mol. The molecule has 51 heavy (non-hydrogen) atoms. The summed E-state index contributed by atoms with van der Waals surface area (Å²) in [6.07, 6.45) is 1.01. The quantitative estimate of drug-likeness (QED) is 0.0542. The van der Waals surface area contributed by atoms with Crippen LogP contribution in [0, 0.1) is 0 Å². The molecule has 1 atom stereocenters. The highest BCUT2D eigenvalue weighted by molar-refractivity contribution is 6.74. The molecular weight excluding hydrogens is 659 g/mol. The number of amides is 1. The van der Waals surface area contributed by atoms with Crippen LogP contribution < -0.4 is 20.9 Å². The number of phenolic OH excluding ortho intramolecular Hbond substituents is 1. The summed E-state index contributed by atoms with van der Waals surface area (Å²) < 4.78 is 12.9. The maximum atomic E-state index is 12.0. The van der Waals surface area contributed by atoms with Crippen LogP contribution in [0.1, 0.15) is 50.0 Å². The fourth-order valence-electron chi connectivity index (χ4n) is 5.81. The summed E-state index contributed by atoms with van der Waals surface area (Å²) in [4.78, 5) is 26.2. The van der Waals surface area contributed by atoms with Crippen molar-refractivity contribution in [3.05, 3.63) is 124 Å². The van der Waals surface area contributed by atoms with Crippen molar-refractivity contribution in [1.29, 1.82) is 0 Å². The molecule has 0 radical (unpaired) electrons. The van der Waals surface area contributed by atoms with E-state index in [2.05, 4.69) is 61.6 Å². The van der Waals surface area contributed by atoms with Crippen molar-refractivity contribution >= 4 is 31.0 Å². The molecule has 0 saturated carbocycles. The fourth-order valence-corrected chi connectivity index (χ4v) is 7.08. The van der Waals surface area contributed by atoms with E-state index in [9.17, 15) is 19.8 Å². The number of benzene rings is 4. The van der Waals surface area contributed by atoms with E-state index in [1.54, 1.807) is 12.1 Å². The molecule has 0 aliphatic heterocycles. The number of anilines is 1. The van der Waals surface area contributed by atoms with Gasteiger partial charge in [0, 0.05) is 23.6 Å². The van der Waals surface area contributed by atoms with Gasteiger partial charge in [0.1, 0.15) is 11.5 Å². The maximum absolute atomic E-state index is 12.0. The van der Waals surface area contributed by atoms with E-state index in [0.29, 0.717) is 24.4 Å². The van der Waals surface area contributed by atoms with Gasteiger partial charge in [0.2, 0.25) is 5.56 Å². The van der Waals surface area contributed by atoms with Crippen LogP contribution in [0.3, 0.4) is 0 Å². The number of phenols is 1. The van der Waals surface area contributed by atoms with Gasteiger partial charge >= 0.3 is 6.09 Å². The summed E-state index contributed by atoms with van der Waals surface area (Å²) in [5.74, 6) is 0.843. The van der Waals surface area contributed by atoms with Gasteiger partial charge < -0.3 is 29.7 Å². The molecule has 5 N–H and O–H groups in total. The molecule has 4 aromatic carbocycles. The SMILES string of the molecule is CC(C)(C)[Si](C)(C)O[C@H](CNCCc1ccc(OCCCc2ccc(-c3ccccc3)c(NC(=O)O)c2)cc1)c1ccc(O)c2[nH]c(=O)ccc12. The van der Waals surface area contributed by atoms with Crippen molar-refractivity contribution in [2.45, 2.75) is 64.3 Å². The average Bonchev–Trinajstić information content (AvgIpc) is 3.09. The summed E-state index contributed by atoms with van der Waals surface area (Å²) in [5, 5.41) is 26.7. The van der Waals surface area contributed by atoms with Gasteiger partial charge in [-0.15, -0.1) is 0 Å². The lowest BCUT2D eigenvalue weighted by Crippen LogP contribution is -2.43. The summed E-state index contributed by atoms with van der Waals surface area (Å²) in [7, 11) is -2.16. The number of aromatic hydroxyl groups is 1. The van der Waals surface area contributed by atoms with E-state index >= 15 is 0 Å². The first-order chi connectivity index (χ1) is 24.3. The number of carboxylic acid groups (broad SMARTS) is 1. The Labute approximate surface area is 300 Å². The van der Waals surface area contributed by atoms with Crippen LogP contribution in [0.4, 0.5) is 10.5 Å². The minimum absolute atomic E-state index is 0.00715. The molecule has 1 aromatic heterocycles. The van der Waals surface area contributed by atoms with Crippen LogP contribution in [0.15, 0.2) is 102 Å². The van der Waals surface area contributed by atoms with Crippen LogP contribution in [-0.4, -0.2) is 49.3 Å². The Hall–Kier alpha value is -4.90. The zero-order valence-electron chi connectivity index (χ0n) is 30.1. The first kappa shape index (κ1) is 37.4. The second-order valence-electron chi connectivity index (χ2n) is 14.4. The van der Waals surface area contributed by atoms with Crippen molar-refractivity contribution in [3.63, 3.8) is 0 Å². The van der Waals surface area contributed by atoms with Crippen molar-refractivity contribution < 1.29 is 24.2 Å². The zero-order valence-corrected chi connectivity index (χ0v) is 31.1. The Balaban J connectivity index is 1.14. The molecule has 5 rings (SSSR count). The molecule has 9 nitrogen and oxygen atoms in total. The predicted molar refractivity (Wildman–Crippen MR) is 208 cm³/mol. The fraction of sp³-hybridized carbons (Fsp3) is 0.317. The number of hydrogen-bond acceptors (Lipinski definition) is 6. The largest absolute Gasteiger partial charge is 0.506 e. The Bertz CT molecular complexity index is 1990. The van der Waals surface area contributed by atoms with Crippen LogP contribution in [0.25, 0.3) is 22.0 Å². The predicted octanol–water partition coefficient (Wildman–Crippen LogP) is 8.90. The van der Waals surface area contributed by atoms with Crippen LogP contribution in [-0.2, 0) is 17.3 Å². The second kappa shape index (κ2) is 16.4. The number of aromatic nitrogens is 1. The number of aryl methyl sites for hydroxylation is 1. The monoisotopic (exact) mass is 707 g/mol. The summed E-state index contributed by atoms with van der Waals surface area (Å²) in [5.41, 5.74) is 5.68. The van der Waals surface area contributed by atoms with Crippen LogP contribution >= 0.6 is 0 Å². The lowest BCUT2D eigenvalue weighted by Gasteiger charge is -2.39. The highest BCUT2D eigenvalue weighted by Gasteiger charge is 2.39. The molecule has 5 aromatic rings. The molecule has 0 fully saturated rings. The molecule has 0 spiro atoms. The minimum atomic E-state index is -2.16. The topological polar surface area (TPSA) is 133 Å². The van der Waals surface area contributed by atoms with Gasteiger partial charge in [-0.2, -0.15) is 0 Å².